The lowest BCUT2D eigenvalue weighted by molar-refractivity contribution is -0.141. The zero-order valence-electron chi connectivity index (χ0n) is 9.77. The lowest BCUT2D eigenvalue weighted by Gasteiger charge is -2.02. The summed E-state index contributed by atoms with van der Waals surface area (Å²) in [7, 11) is 0. The Morgan fingerprint density at radius 2 is 1.11 bits per heavy atom. The summed E-state index contributed by atoms with van der Waals surface area (Å²) in [4.78, 5) is 41.9. The molecule has 0 atom stereocenters. The Kier molecular flexibility index (Phi) is 8.09. The molecule has 0 saturated heterocycles. The van der Waals surface area contributed by atoms with E-state index in [9.17, 15) is 19.2 Å². The largest absolute Gasteiger partial charge is 0.478 e. The lowest BCUT2D eigenvalue weighted by Crippen LogP contribution is -2.08. The van der Waals surface area contributed by atoms with Gasteiger partial charge in [-0.05, 0) is 0 Å². The van der Waals surface area contributed by atoms with Crippen LogP contribution in [0.5, 0.6) is 0 Å². The minimum atomic E-state index is -1.27. The van der Waals surface area contributed by atoms with Crippen molar-refractivity contribution >= 4 is 23.9 Å². The molecular weight excluding hydrogens is 260 g/mol. The number of carboxylic acid groups (broad SMARTS) is 2. The number of carboxylic acids is 2. The molecule has 0 unspecified atom stereocenters. The van der Waals surface area contributed by atoms with Crippen molar-refractivity contribution in [2.45, 2.75) is 6.42 Å². The van der Waals surface area contributed by atoms with Crippen LogP contribution in [-0.4, -0.2) is 47.3 Å². The SMILES string of the molecule is O=C(O)/C=C\C(=O)OCCCOC(=O)/C=C\C(=O)O. The minimum Gasteiger partial charge on any atom is -0.478 e. The summed E-state index contributed by atoms with van der Waals surface area (Å²) in [6.45, 7) is -0.114. The van der Waals surface area contributed by atoms with Gasteiger partial charge in [-0.3, -0.25) is 0 Å². The van der Waals surface area contributed by atoms with Gasteiger partial charge in [-0.2, -0.15) is 0 Å². The fourth-order valence-corrected chi connectivity index (χ4v) is 0.779. The molecule has 0 aliphatic heterocycles. The first-order valence-corrected chi connectivity index (χ1v) is 5.07. The summed E-state index contributed by atoms with van der Waals surface area (Å²) in [6, 6.07) is 0. The Morgan fingerprint density at radius 1 is 0.737 bits per heavy atom. The van der Waals surface area contributed by atoms with Crippen LogP contribution in [0.25, 0.3) is 0 Å². The summed E-state index contributed by atoms with van der Waals surface area (Å²) < 4.78 is 9.16. The Balaban J connectivity index is 3.65. The summed E-state index contributed by atoms with van der Waals surface area (Å²) in [5.74, 6) is -4.17. The molecule has 0 aromatic rings. The van der Waals surface area contributed by atoms with E-state index in [-0.39, 0.29) is 19.6 Å². The van der Waals surface area contributed by atoms with Crippen molar-refractivity contribution in [3.05, 3.63) is 24.3 Å². The molecule has 0 bridgehead atoms. The highest BCUT2D eigenvalue weighted by Crippen LogP contribution is 1.90. The first-order chi connectivity index (χ1) is 8.91. The number of ether oxygens (including phenoxy) is 2. The Labute approximate surface area is 107 Å². The summed E-state index contributed by atoms with van der Waals surface area (Å²) in [5.41, 5.74) is 0. The maximum absolute atomic E-state index is 10.9. The molecule has 0 aliphatic rings. The number of hydrogen-bond acceptors (Lipinski definition) is 6. The van der Waals surface area contributed by atoms with E-state index >= 15 is 0 Å². The zero-order valence-corrected chi connectivity index (χ0v) is 9.77. The van der Waals surface area contributed by atoms with Crippen LogP contribution in [0.15, 0.2) is 24.3 Å². The molecular formula is C11H12O8. The van der Waals surface area contributed by atoms with Gasteiger partial charge in [0.25, 0.3) is 0 Å². The molecule has 0 aromatic heterocycles. The third-order valence-corrected chi connectivity index (χ3v) is 1.50. The molecule has 0 radical (unpaired) electrons. The minimum absolute atomic E-state index is 0.0568. The van der Waals surface area contributed by atoms with E-state index in [1.807, 2.05) is 0 Å². The van der Waals surface area contributed by atoms with Gasteiger partial charge in [0.05, 0.1) is 13.2 Å². The number of aliphatic carboxylic acids is 2. The van der Waals surface area contributed by atoms with Gasteiger partial charge in [-0.1, -0.05) is 0 Å². The van der Waals surface area contributed by atoms with Gasteiger partial charge in [-0.15, -0.1) is 0 Å². The van der Waals surface area contributed by atoms with Crippen molar-refractivity contribution in [2.24, 2.45) is 0 Å². The molecule has 19 heavy (non-hydrogen) atoms. The fourth-order valence-electron chi connectivity index (χ4n) is 0.779. The third kappa shape index (κ3) is 11.6. The van der Waals surface area contributed by atoms with Crippen LogP contribution < -0.4 is 0 Å². The molecule has 0 heterocycles. The highest BCUT2D eigenvalue weighted by molar-refractivity contribution is 5.91. The molecule has 0 aliphatic carbocycles. The predicted molar refractivity (Wildman–Crippen MR) is 60.1 cm³/mol. The van der Waals surface area contributed by atoms with Crippen molar-refractivity contribution in [1.82, 2.24) is 0 Å². The van der Waals surface area contributed by atoms with Crippen molar-refractivity contribution in [2.75, 3.05) is 13.2 Å². The molecule has 0 rings (SSSR count). The third-order valence-electron chi connectivity index (χ3n) is 1.50. The summed E-state index contributed by atoms with van der Waals surface area (Å²) >= 11 is 0. The van der Waals surface area contributed by atoms with Crippen molar-refractivity contribution in [3.8, 4) is 0 Å². The number of rotatable bonds is 8. The Morgan fingerprint density at radius 3 is 1.42 bits per heavy atom. The predicted octanol–water partition coefficient (Wildman–Crippen LogP) is -0.256. The Hall–Kier alpha value is -2.64. The summed E-state index contributed by atoms with van der Waals surface area (Å²) in [6.07, 6.45) is 2.99. The number of hydrogen-bond donors (Lipinski definition) is 2. The van der Waals surface area contributed by atoms with Gasteiger partial charge in [-0.25, -0.2) is 19.2 Å². The van der Waals surface area contributed by atoms with E-state index in [0.29, 0.717) is 12.2 Å². The van der Waals surface area contributed by atoms with E-state index < -0.39 is 23.9 Å². The first kappa shape index (κ1) is 16.4. The van der Waals surface area contributed by atoms with Crippen LogP contribution in [-0.2, 0) is 28.7 Å². The van der Waals surface area contributed by atoms with E-state index in [1.165, 1.54) is 0 Å². The average molecular weight is 272 g/mol. The number of carbonyl (C=O) groups is 4. The van der Waals surface area contributed by atoms with Crippen molar-refractivity contribution in [1.29, 1.82) is 0 Å². The van der Waals surface area contributed by atoms with Gasteiger partial charge in [0.1, 0.15) is 0 Å². The highest BCUT2D eigenvalue weighted by atomic mass is 16.5. The van der Waals surface area contributed by atoms with E-state index in [0.717, 1.165) is 12.2 Å². The number of esters is 2. The van der Waals surface area contributed by atoms with Crippen LogP contribution >= 0.6 is 0 Å². The zero-order chi connectivity index (χ0) is 14.7. The fraction of sp³-hybridized carbons (Fsp3) is 0.273. The second-order valence-electron chi connectivity index (χ2n) is 3.03. The van der Waals surface area contributed by atoms with Crippen LogP contribution in [0.1, 0.15) is 6.42 Å². The quantitative estimate of drug-likeness (QED) is 0.351. The molecule has 0 saturated carbocycles. The molecule has 0 aromatic carbocycles. The van der Waals surface area contributed by atoms with E-state index in [2.05, 4.69) is 9.47 Å². The highest BCUT2D eigenvalue weighted by Gasteiger charge is 2.00. The maximum Gasteiger partial charge on any atom is 0.331 e. The van der Waals surface area contributed by atoms with E-state index in [4.69, 9.17) is 10.2 Å². The Bertz CT molecular complexity index is 369. The monoisotopic (exact) mass is 272 g/mol. The maximum atomic E-state index is 10.9. The standard InChI is InChI=1S/C11H12O8/c12-8(13)2-4-10(16)18-6-1-7-19-11(17)5-3-9(14)15/h2-5H,1,6-7H2,(H,12,13)(H,14,15)/b4-2-,5-3-. The second-order valence-corrected chi connectivity index (χ2v) is 3.03. The van der Waals surface area contributed by atoms with Crippen LogP contribution in [0.3, 0.4) is 0 Å². The molecule has 2 N–H and O–H groups in total. The second kappa shape index (κ2) is 9.40. The van der Waals surface area contributed by atoms with Crippen LogP contribution in [0.4, 0.5) is 0 Å². The molecule has 0 fully saturated rings. The van der Waals surface area contributed by atoms with Gasteiger partial charge in [0.2, 0.25) is 0 Å². The van der Waals surface area contributed by atoms with Crippen LogP contribution in [0, 0.1) is 0 Å². The van der Waals surface area contributed by atoms with Crippen molar-refractivity contribution in [3.63, 3.8) is 0 Å². The number of carbonyl (C=O) groups excluding carboxylic acids is 2. The van der Waals surface area contributed by atoms with E-state index in [1.54, 1.807) is 0 Å². The normalized spacial score (nSPS) is 10.5. The topological polar surface area (TPSA) is 127 Å². The summed E-state index contributed by atoms with van der Waals surface area (Å²) in [5, 5.41) is 16.4. The van der Waals surface area contributed by atoms with Gasteiger partial charge in [0, 0.05) is 30.7 Å². The van der Waals surface area contributed by atoms with Gasteiger partial charge < -0.3 is 19.7 Å². The molecule has 104 valence electrons. The van der Waals surface area contributed by atoms with Gasteiger partial charge in [0.15, 0.2) is 0 Å². The molecule has 8 nitrogen and oxygen atoms in total. The van der Waals surface area contributed by atoms with Crippen molar-refractivity contribution < 1.29 is 38.9 Å². The lowest BCUT2D eigenvalue weighted by atomic mass is 10.4. The first-order valence-electron chi connectivity index (χ1n) is 5.07. The molecule has 8 heteroatoms. The molecule has 0 spiro atoms. The average Bonchev–Trinajstić information content (AvgIpc) is 2.33. The van der Waals surface area contributed by atoms with Gasteiger partial charge >= 0.3 is 23.9 Å². The smallest absolute Gasteiger partial charge is 0.331 e. The van der Waals surface area contributed by atoms with Crippen LogP contribution in [0.2, 0.25) is 0 Å². The molecule has 0 amide bonds.